The highest BCUT2D eigenvalue weighted by molar-refractivity contribution is 8.00. The third-order valence-corrected chi connectivity index (χ3v) is 11.8. The molecule has 6 rings (SSSR count). The van der Waals surface area contributed by atoms with Gasteiger partial charge in [0.1, 0.15) is 11.2 Å². The second-order valence-electron chi connectivity index (χ2n) is 11.5. The molecule has 4 aliphatic rings. The van der Waals surface area contributed by atoms with E-state index < -0.39 is 38.3 Å². The molecule has 0 bridgehead atoms. The Kier molecular flexibility index (Phi) is 6.77. The van der Waals surface area contributed by atoms with E-state index in [4.69, 9.17) is 23.2 Å². The minimum absolute atomic E-state index is 0.0568. The van der Waals surface area contributed by atoms with Gasteiger partial charge in [0.25, 0.3) is 0 Å². The minimum Gasteiger partial charge on any atom is -0.352 e. The first-order chi connectivity index (χ1) is 18.6. The van der Waals surface area contributed by atoms with Crippen molar-refractivity contribution in [3.05, 3.63) is 63.4 Å². The van der Waals surface area contributed by atoms with Crippen molar-refractivity contribution in [1.29, 1.82) is 0 Å². The predicted molar refractivity (Wildman–Crippen MR) is 155 cm³/mol. The lowest BCUT2D eigenvalue weighted by Crippen LogP contribution is -2.60. The Bertz CT molecular complexity index is 1450. The summed E-state index contributed by atoms with van der Waals surface area (Å²) in [7, 11) is -2.11. The predicted octanol–water partition coefficient (Wildman–Crippen LogP) is 4.78. The summed E-state index contributed by atoms with van der Waals surface area (Å²) in [5, 5.41) is 10.2. The maximum absolute atomic E-state index is 15.9. The Hall–Kier alpha value is -2.13. The lowest BCUT2D eigenvalue weighted by atomic mass is 9.55. The van der Waals surface area contributed by atoms with Crippen LogP contribution in [0.15, 0.2) is 36.4 Å². The van der Waals surface area contributed by atoms with Crippen LogP contribution in [0.3, 0.4) is 0 Å². The van der Waals surface area contributed by atoms with E-state index in [2.05, 4.69) is 21.8 Å². The first-order valence-electron chi connectivity index (χ1n) is 13.5. The maximum Gasteiger partial charge on any atom is 0.238 e. The molecule has 1 saturated carbocycles. The molecule has 2 aromatic carbocycles. The third kappa shape index (κ3) is 4.21. The zero-order valence-corrected chi connectivity index (χ0v) is 23.9. The van der Waals surface area contributed by atoms with Gasteiger partial charge in [0, 0.05) is 39.7 Å². The average Bonchev–Trinajstić information content (AvgIpc) is 3.35. The van der Waals surface area contributed by atoms with E-state index in [0.29, 0.717) is 47.9 Å². The van der Waals surface area contributed by atoms with Crippen molar-refractivity contribution in [3.8, 4) is 0 Å². The fourth-order valence-corrected chi connectivity index (χ4v) is 9.60. The molecule has 2 aromatic rings. The highest BCUT2D eigenvalue weighted by Gasteiger charge is 2.72. The van der Waals surface area contributed by atoms with Crippen molar-refractivity contribution in [2.45, 2.75) is 73.9 Å². The van der Waals surface area contributed by atoms with Crippen LogP contribution in [0.1, 0.15) is 62.0 Å². The van der Waals surface area contributed by atoms with Crippen LogP contribution >= 0.6 is 23.2 Å². The Morgan fingerprint density at radius 3 is 2.54 bits per heavy atom. The standard InChI is InChI=1S/C29H32Cl2FN3O3S/c1-39(38)14-10-18(11-15-39)33-26(36)25-23(19-6-5-7-21(31)24(19)32)29(28(35-25)12-3-2-4-13-28)20-9-8-17(30)16-22(20)34-27(29)37/h5-9,16,18,23,25,35H,1-4,10-15H2,(H,33,36)(H,34,37)/t18?,23-,25+,29+,39?/m0/s1. The Balaban J connectivity index is 1.52. The van der Waals surface area contributed by atoms with Gasteiger partial charge in [-0.1, -0.05) is 60.7 Å². The van der Waals surface area contributed by atoms with E-state index >= 15 is 4.39 Å². The second-order valence-corrected chi connectivity index (χ2v) is 15.1. The number of anilines is 1. The van der Waals surface area contributed by atoms with Gasteiger partial charge in [-0.3, -0.25) is 19.1 Å². The van der Waals surface area contributed by atoms with Crippen LogP contribution < -0.4 is 16.0 Å². The highest BCUT2D eigenvalue weighted by Crippen LogP contribution is 2.62. The van der Waals surface area contributed by atoms with Crippen molar-refractivity contribution in [3.63, 3.8) is 0 Å². The van der Waals surface area contributed by atoms with Crippen LogP contribution in [-0.4, -0.2) is 51.0 Å². The molecular formula is C29H32Cl2FN3O3S. The summed E-state index contributed by atoms with van der Waals surface area (Å²) in [5.74, 6) is 2.69. The molecule has 3 aliphatic heterocycles. The van der Waals surface area contributed by atoms with Crippen LogP contribution in [0.4, 0.5) is 10.1 Å². The second kappa shape index (κ2) is 9.75. The number of amides is 2. The molecule has 0 aromatic heterocycles. The third-order valence-electron chi connectivity index (χ3n) is 9.33. The monoisotopic (exact) mass is 591 g/mol. The largest absolute Gasteiger partial charge is 0.352 e. The number of hydrogen-bond donors (Lipinski definition) is 3. The quantitative estimate of drug-likeness (QED) is 0.448. The van der Waals surface area contributed by atoms with Crippen molar-refractivity contribution in [2.75, 3.05) is 16.8 Å². The highest BCUT2D eigenvalue weighted by atomic mass is 35.5. The number of carbonyl (C=O) groups excluding carboxylic acids is 2. The summed E-state index contributed by atoms with van der Waals surface area (Å²) in [4.78, 5) is 28.5. The molecule has 0 radical (unpaired) electrons. The topological polar surface area (TPSA) is 87.3 Å². The molecule has 6 nitrogen and oxygen atoms in total. The van der Waals surface area contributed by atoms with Gasteiger partial charge < -0.3 is 10.6 Å². The van der Waals surface area contributed by atoms with Gasteiger partial charge in [0.15, 0.2) is 0 Å². The smallest absolute Gasteiger partial charge is 0.238 e. The van der Waals surface area contributed by atoms with Crippen molar-refractivity contribution >= 4 is 56.1 Å². The molecule has 2 saturated heterocycles. The lowest BCUT2D eigenvalue weighted by molar-refractivity contribution is -0.124. The fraction of sp³-hybridized carbons (Fsp3) is 0.483. The van der Waals surface area contributed by atoms with Crippen LogP contribution in [0.2, 0.25) is 10.0 Å². The molecule has 0 unspecified atom stereocenters. The van der Waals surface area contributed by atoms with E-state index in [0.717, 1.165) is 24.8 Å². The normalized spacial score (nSPS) is 33.2. The van der Waals surface area contributed by atoms with Gasteiger partial charge in [-0.25, -0.2) is 4.39 Å². The van der Waals surface area contributed by atoms with Crippen LogP contribution in [0.25, 0.3) is 0 Å². The summed E-state index contributed by atoms with van der Waals surface area (Å²) in [6, 6.07) is 9.02. The molecule has 39 heavy (non-hydrogen) atoms. The molecule has 3 N–H and O–H groups in total. The molecule has 3 atom stereocenters. The van der Waals surface area contributed by atoms with Crippen molar-refractivity contribution in [1.82, 2.24) is 10.6 Å². The Morgan fingerprint density at radius 2 is 1.82 bits per heavy atom. The van der Waals surface area contributed by atoms with E-state index in [-0.39, 0.29) is 28.4 Å². The zero-order valence-electron chi connectivity index (χ0n) is 21.5. The molecule has 3 fully saturated rings. The number of halogens is 3. The van der Waals surface area contributed by atoms with Crippen LogP contribution in [0, 0.1) is 5.82 Å². The maximum atomic E-state index is 15.9. The van der Waals surface area contributed by atoms with Crippen LogP contribution in [-0.2, 0) is 24.5 Å². The average molecular weight is 593 g/mol. The van der Waals surface area contributed by atoms with Gasteiger partial charge in [0.05, 0.1) is 11.1 Å². The SMILES string of the molecule is C=S1(=O)CCC(NC(=O)[C@@H]2NC3(CCCCC3)[C@@]3(C(=O)Nc4cc(Cl)ccc43)[C@H]2c2cccc(Cl)c2F)CC1. The molecule has 1 aliphatic carbocycles. The lowest BCUT2D eigenvalue weighted by Gasteiger charge is -2.47. The minimum atomic E-state index is -2.11. The van der Waals surface area contributed by atoms with Crippen molar-refractivity contribution in [2.24, 2.45) is 0 Å². The summed E-state index contributed by atoms with van der Waals surface area (Å²) in [6.07, 6.45) is 5.24. The molecule has 2 spiro atoms. The number of carbonyl (C=O) groups is 2. The number of nitrogens with one attached hydrogen (secondary N) is 3. The Morgan fingerprint density at radius 1 is 1.10 bits per heavy atom. The summed E-state index contributed by atoms with van der Waals surface area (Å²) < 4.78 is 28.3. The zero-order chi connectivity index (χ0) is 27.6. The number of fused-ring (bicyclic) bond motifs is 3. The summed E-state index contributed by atoms with van der Waals surface area (Å²) >= 11 is 12.6. The van der Waals surface area contributed by atoms with Gasteiger partial charge >= 0.3 is 0 Å². The van der Waals surface area contributed by atoms with E-state index in [1.165, 1.54) is 6.07 Å². The molecule has 2 amide bonds. The van der Waals surface area contributed by atoms with E-state index in [9.17, 15) is 13.8 Å². The fourth-order valence-electron chi connectivity index (χ4n) is 7.61. The van der Waals surface area contributed by atoms with Gasteiger partial charge in [-0.05, 0) is 70.4 Å². The Labute approximate surface area is 238 Å². The van der Waals surface area contributed by atoms with Gasteiger partial charge in [0.2, 0.25) is 11.8 Å². The molecule has 10 heteroatoms. The van der Waals surface area contributed by atoms with Gasteiger partial charge in [-0.15, -0.1) is 0 Å². The number of benzene rings is 2. The first-order valence-corrected chi connectivity index (χ1v) is 16.4. The summed E-state index contributed by atoms with van der Waals surface area (Å²) in [6.45, 7) is 0. The number of hydrogen-bond acceptors (Lipinski definition) is 4. The molecular weight excluding hydrogens is 560 g/mol. The van der Waals surface area contributed by atoms with E-state index in [1.54, 1.807) is 24.3 Å². The van der Waals surface area contributed by atoms with Crippen LogP contribution in [0.5, 0.6) is 0 Å². The van der Waals surface area contributed by atoms with Gasteiger partial charge in [-0.2, -0.15) is 0 Å². The number of rotatable bonds is 3. The molecule has 3 heterocycles. The van der Waals surface area contributed by atoms with Crippen molar-refractivity contribution < 1.29 is 18.2 Å². The summed E-state index contributed by atoms with van der Waals surface area (Å²) in [5.41, 5.74) is -0.482. The molecule has 208 valence electrons. The first kappa shape index (κ1) is 27.1. The van der Waals surface area contributed by atoms with E-state index in [1.807, 2.05) is 6.07 Å².